The largest absolute Gasteiger partial charge is 0.351 e. The van der Waals surface area contributed by atoms with Crippen molar-refractivity contribution in [1.29, 1.82) is 0 Å². The zero-order valence-corrected chi connectivity index (χ0v) is 16.0. The number of rotatable bonds is 8. The van der Waals surface area contributed by atoms with E-state index in [0.29, 0.717) is 26.2 Å². The van der Waals surface area contributed by atoms with Crippen molar-refractivity contribution >= 4 is 17.6 Å². The number of aryl methyl sites for hydroxylation is 2. The molecule has 0 aromatic heterocycles. The average Bonchev–Trinajstić information content (AvgIpc) is 2.96. The molecule has 0 radical (unpaired) electrons. The number of carbonyl (C=O) groups excluding carboxylic acids is 2. The van der Waals surface area contributed by atoms with Crippen LogP contribution in [0, 0.1) is 13.8 Å². The van der Waals surface area contributed by atoms with Gasteiger partial charge in [0.05, 0.1) is 12.6 Å². The number of ether oxygens (including phenoxy) is 2. The van der Waals surface area contributed by atoms with Crippen LogP contribution < -0.4 is 15.5 Å². The second kappa shape index (κ2) is 9.54. The topological polar surface area (TPSA) is 79.9 Å². The van der Waals surface area contributed by atoms with Crippen LogP contribution in [0.4, 0.5) is 10.5 Å². The zero-order valence-electron chi connectivity index (χ0n) is 16.0. The molecule has 1 fully saturated rings. The maximum Gasteiger partial charge on any atom is 0.315 e. The summed E-state index contributed by atoms with van der Waals surface area (Å²) in [6.07, 6.45) is -0.172. The molecule has 1 aliphatic rings. The van der Waals surface area contributed by atoms with Gasteiger partial charge in [-0.25, -0.2) is 4.79 Å². The molecule has 0 spiro atoms. The summed E-state index contributed by atoms with van der Waals surface area (Å²) in [5.41, 5.74) is 3.20. The number of carbonyl (C=O) groups is 2. The fourth-order valence-electron chi connectivity index (χ4n) is 2.90. The molecule has 1 heterocycles. The molecular formula is C19H29N3O4. The summed E-state index contributed by atoms with van der Waals surface area (Å²) in [5, 5.41) is 5.59. The van der Waals surface area contributed by atoms with Crippen LogP contribution in [0.1, 0.15) is 31.4 Å². The Labute approximate surface area is 155 Å². The zero-order chi connectivity index (χ0) is 19.1. The molecule has 1 saturated heterocycles. The highest BCUT2D eigenvalue weighted by Gasteiger charge is 2.31. The minimum Gasteiger partial charge on any atom is -0.351 e. The molecule has 1 aliphatic heterocycles. The minimum absolute atomic E-state index is 0.0139. The van der Waals surface area contributed by atoms with Gasteiger partial charge < -0.3 is 25.0 Å². The lowest BCUT2D eigenvalue weighted by molar-refractivity contribution is -0.131. The highest BCUT2D eigenvalue weighted by atomic mass is 16.7. The van der Waals surface area contributed by atoms with Gasteiger partial charge in [-0.15, -0.1) is 0 Å². The van der Waals surface area contributed by atoms with Gasteiger partial charge in [-0.05, 0) is 51.0 Å². The Morgan fingerprint density at radius 1 is 1.23 bits per heavy atom. The van der Waals surface area contributed by atoms with E-state index in [2.05, 4.69) is 10.6 Å². The van der Waals surface area contributed by atoms with E-state index in [1.807, 2.05) is 45.9 Å². The molecule has 1 aromatic carbocycles. The second-order valence-electron chi connectivity index (χ2n) is 6.37. The van der Waals surface area contributed by atoms with Crippen LogP contribution in [0.5, 0.6) is 0 Å². The minimum atomic E-state index is -0.465. The van der Waals surface area contributed by atoms with E-state index >= 15 is 0 Å². The molecule has 1 atom stereocenters. The third kappa shape index (κ3) is 5.44. The Balaban J connectivity index is 1.86. The molecule has 0 unspecified atom stereocenters. The molecule has 1 aromatic rings. The molecule has 144 valence electrons. The van der Waals surface area contributed by atoms with Crippen molar-refractivity contribution in [2.45, 2.75) is 46.4 Å². The molecule has 2 N–H and O–H groups in total. The second-order valence-corrected chi connectivity index (χ2v) is 6.37. The predicted molar refractivity (Wildman–Crippen MR) is 100 cm³/mol. The Bertz CT molecular complexity index is 629. The standard InChI is InChI=1S/C19H29N3O4/c1-5-25-18(26-6-2)11-20-19(24)21-15-10-17(23)22(12-15)16-8-7-13(3)14(4)9-16/h7-9,15,18H,5-6,10-12H2,1-4H3,(H2,20,21,24)/t15-/m1/s1. The van der Waals surface area contributed by atoms with Crippen LogP contribution in [0.25, 0.3) is 0 Å². The Hall–Kier alpha value is -2.12. The van der Waals surface area contributed by atoms with E-state index in [1.54, 1.807) is 4.90 Å². The highest BCUT2D eigenvalue weighted by Crippen LogP contribution is 2.24. The van der Waals surface area contributed by atoms with E-state index in [9.17, 15) is 9.59 Å². The first-order valence-corrected chi connectivity index (χ1v) is 9.09. The molecule has 0 bridgehead atoms. The molecular weight excluding hydrogens is 334 g/mol. The number of amides is 3. The van der Waals surface area contributed by atoms with Crippen molar-refractivity contribution in [3.8, 4) is 0 Å². The third-order valence-electron chi connectivity index (χ3n) is 4.40. The van der Waals surface area contributed by atoms with Crippen molar-refractivity contribution in [1.82, 2.24) is 10.6 Å². The number of anilines is 1. The molecule has 0 aliphatic carbocycles. The lowest BCUT2D eigenvalue weighted by atomic mass is 10.1. The van der Waals surface area contributed by atoms with Crippen molar-refractivity contribution in [2.24, 2.45) is 0 Å². The number of hydrogen-bond donors (Lipinski definition) is 2. The maximum atomic E-state index is 12.3. The Morgan fingerprint density at radius 3 is 2.54 bits per heavy atom. The number of hydrogen-bond acceptors (Lipinski definition) is 4. The first-order chi connectivity index (χ1) is 12.4. The van der Waals surface area contributed by atoms with Crippen LogP contribution in [0.2, 0.25) is 0 Å². The summed E-state index contributed by atoms with van der Waals surface area (Å²) >= 11 is 0. The monoisotopic (exact) mass is 363 g/mol. The number of benzene rings is 1. The molecule has 3 amide bonds. The average molecular weight is 363 g/mol. The summed E-state index contributed by atoms with van der Waals surface area (Å²) in [7, 11) is 0. The first kappa shape index (κ1) is 20.2. The predicted octanol–water partition coefficient (Wildman–Crippen LogP) is 2.11. The van der Waals surface area contributed by atoms with Gasteiger partial charge in [0.25, 0.3) is 0 Å². The highest BCUT2D eigenvalue weighted by molar-refractivity contribution is 5.96. The summed E-state index contributed by atoms with van der Waals surface area (Å²) in [6, 6.07) is 5.41. The lowest BCUT2D eigenvalue weighted by Crippen LogP contribution is -2.46. The number of urea groups is 1. The Kier molecular flexibility index (Phi) is 7.41. The van der Waals surface area contributed by atoms with Crippen LogP contribution in [0.3, 0.4) is 0 Å². The summed E-state index contributed by atoms with van der Waals surface area (Å²) in [6.45, 7) is 9.55. The summed E-state index contributed by atoms with van der Waals surface area (Å²) < 4.78 is 10.8. The van der Waals surface area contributed by atoms with Gasteiger partial charge >= 0.3 is 6.03 Å². The van der Waals surface area contributed by atoms with Gasteiger partial charge in [0, 0.05) is 31.9 Å². The van der Waals surface area contributed by atoms with E-state index in [-0.39, 0.29) is 24.5 Å². The Morgan fingerprint density at radius 2 is 1.92 bits per heavy atom. The fraction of sp³-hybridized carbons (Fsp3) is 0.579. The van der Waals surface area contributed by atoms with Gasteiger partial charge in [-0.1, -0.05) is 6.07 Å². The quantitative estimate of drug-likeness (QED) is 0.693. The van der Waals surface area contributed by atoms with Crippen LogP contribution in [-0.2, 0) is 14.3 Å². The lowest BCUT2D eigenvalue weighted by Gasteiger charge is -2.20. The summed E-state index contributed by atoms with van der Waals surface area (Å²) in [5.74, 6) is 0.0139. The molecule has 7 nitrogen and oxygen atoms in total. The fourth-order valence-corrected chi connectivity index (χ4v) is 2.90. The van der Waals surface area contributed by atoms with Gasteiger partial charge in [0.1, 0.15) is 0 Å². The van der Waals surface area contributed by atoms with E-state index in [1.165, 1.54) is 5.56 Å². The normalized spacial score (nSPS) is 17.0. The van der Waals surface area contributed by atoms with Crippen LogP contribution >= 0.6 is 0 Å². The first-order valence-electron chi connectivity index (χ1n) is 9.09. The van der Waals surface area contributed by atoms with Gasteiger partial charge in [0.15, 0.2) is 6.29 Å². The summed E-state index contributed by atoms with van der Waals surface area (Å²) in [4.78, 5) is 26.1. The molecule has 0 saturated carbocycles. The van der Waals surface area contributed by atoms with Crippen LogP contribution in [0.15, 0.2) is 18.2 Å². The van der Waals surface area contributed by atoms with Gasteiger partial charge in [-0.3, -0.25) is 4.79 Å². The van der Waals surface area contributed by atoms with Crippen LogP contribution in [-0.4, -0.2) is 50.6 Å². The van der Waals surface area contributed by atoms with Crippen molar-refractivity contribution in [3.05, 3.63) is 29.3 Å². The van der Waals surface area contributed by atoms with Crippen molar-refractivity contribution in [2.75, 3.05) is 31.2 Å². The number of nitrogens with zero attached hydrogens (tertiary/aromatic N) is 1. The maximum absolute atomic E-state index is 12.3. The van der Waals surface area contributed by atoms with E-state index in [4.69, 9.17) is 9.47 Å². The smallest absolute Gasteiger partial charge is 0.315 e. The molecule has 26 heavy (non-hydrogen) atoms. The SMILES string of the molecule is CCOC(CNC(=O)N[C@@H]1CC(=O)N(c2ccc(C)c(C)c2)C1)OCC. The molecule has 2 rings (SSSR count). The number of nitrogens with one attached hydrogen (secondary N) is 2. The van der Waals surface area contributed by atoms with Gasteiger partial charge in [-0.2, -0.15) is 0 Å². The van der Waals surface area contributed by atoms with Crippen molar-refractivity contribution in [3.63, 3.8) is 0 Å². The van der Waals surface area contributed by atoms with E-state index in [0.717, 1.165) is 11.3 Å². The third-order valence-corrected chi connectivity index (χ3v) is 4.40. The van der Waals surface area contributed by atoms with Crippen molar-refractivity contribution < 1.29 is 19.1 Å². The van der Waals surface area contributed by atoms with Gasteiger partial charge in [0.2, 0.25) is 5.91 Å². The van der Waals surface area contributed by atoms with E-state index < -0.39 is 6.29 Å². The molecule has 7 heteroatoms.